The molecule has 2 aromatic rings. The van der Waals surface area contributed by atoms with Crippen LogP contribution in [0.3, 0.4) is 0 Å². The number of carbonyl (C=O) groups excluding carboxylic acids is 6. The Morgan fingerprint density at radius 1 is 0.935 bits per heavy atom. The predicted molar refractivity (Wildman–Crippen MR) is 167 cm³/mol. The zero-order chi connectivity index (χ0) is 33.5. The summed E-state index contributed by atoms with van der Waals surface area (Å²) in [5.74, 6) is -4.66. The molecular formula is C33H42N4O9. The maximum atomic E-state index is 13.7. The fourth-order valence-corrected chi connectivity index (χ4v) is 5.16. The van der Waals surface area contributed by atoms with E-state index in [1.807, 2.05) is 30.3 Å². The molecule has 3 amide bonds. The molecule has 1 aliphatic rings. The summed E-state index contributed by atoms with van der Waals surface area (Å²) in [4.78, 5) is 76.6. The molecule has 5 N–H and O–H groups in total. The van der Waals surface area contributed by atoms with Gasteiger partial charge in [-0.3, -0.25) is 24.0 Å². The van der Waals surface area contributed by atoms with Crippen molar-refractivity contribution in [1.29, 1.82) is 0 Å². The van der Waals surface area contributed by atoms with Crippen molar-refractivity contribution in [2.45, 2.75) is 64.1 Å². The van der Waals surface area contributed by atoms with Crippen molar-refractivity contribution < 1.29 is 43.0 Å². The molecule has 46 heavy (non-hydrogen) atoms. The van der Waals surface area contributed by atoms with Crippen molar-refractivity contribution in [2.24, 2.45) is 5.92 Å². The Balaban J connectivity index is 1.79. The fraction of sp³-hybridized carbons (Fsp3) is 0.455. The number of methoxy groups -OCH3 is 1. The van der Waals surface area contributed by atoms with E-state index in [1.165, 1.54) is 25.3 Å². The van der Waals surface area contributed by atoms with Crippen LogP contribution < -0.4 is 21.7 Å². The Bertz CT molecular complexity index is 1380. The lowest BCUT2D eigenvalue weighted by Gasteiger charge is -2.28. The summed E-state index contributed by atoms with van der Waals surface area (Å²) in [7, 11) is 1.21. The number of anilines is 1. The van der Waals surface area contributed by atoms with Gasteiger partial charge < -0.3 is 35.9 Å². The van der Waals surface area contributed by atoms with Crippen LogP contribution in [0, 0.1) is 5.92 Å². The number of hydrogen-bond donors (Lipinski definition) is 4. The molecule has 13 nitrogen and oxygen atoms in total. The van der Waals surface area contributed by atoms with Gasteiger partial charge in [-0.05, 0) is 43.0 Å². The van der Waals surface area contributed by atoms with Crippen molar-refractivity contribution in [1.82, 2.24) is 16.0 Å². The van der Waals surface area contributed by atoms with Gasteiger partial charge in [0.25, 0.3) is 11.8 Å². The molecular weight excluding hydrogens is 596 g/mol. The number of carbonyl (C=O) groups is 6. The third kappa shape index (κ3) is 11.0. The second-order valence-corrected chi connectivity index (χ2v) is 11.0. The molecule has 0 aromatic heterocycles. The largest absolute Gasteiger partial charge is 0.465 e. The van der Waals surface area contributed by atoms with Gasteiger partial charge in [-0.15, -0.1) is 0 Å². The normalized spacial score (nSPS) is 14.3. The minimum atomic E-state index is -1.42. The Morgan fingerprint density at radius 3 is 2.30 bits per heavy atom. The van der Waals surface area contributed by atoms with Crippen molar-refractivity contribution in [3.63, 3.8) is 0 Å². The predicted octanol–water partition coefficient (Wildman–Crippen LogP) is 2.07. The molecule has 0 bridgehead atoms. The van der Waals surface area contributed by atoms with E-state index in [0.717, 1.165) is 37.7 Å². The number of Topliss-reactive ketones (excluding diaryl/α,β-unsaturated/α-hetero) is 1. The SMILES string of the molecule is CCOC(=O)CNC(=O)C(=O)C(COCc1ccccc1)NC(=O)[C@@H](CC1CCCCC1)NC(=O)c1ccc(C(=O)OC)c(N)c1. The molecule has 2 atom stereocenters. The summed E-state index contributed by atoms with van der Waals surface area (Å²) >= 11 is 0. The van der Waals surface area contributed by atoms with E-state index in [9.17, 15) is 28.8 Å². The van der Waals surface area contributed by atoms with Crippen LogP contribution in [0.15, 0.2) is 48.5 Å². The van der Waals surface area contributed by atoms with Crippen LogP contribution in [-0.2, 0) is 40.0 Å². The highest BCUT2D eigenvalue weighted by atomic mass is 16.5. The number of rotatable bonds is 16. The van der Waals surface area contributed by atoms with Crippen LogP contribution in [0.1, 0.15) is 71.7 Å². The lowest BCUT2D eigenvalue weighted by Crippen LogP contribution is -2.56. The van der Waals surface area contributed by atoms with Crippen molar-refractivity contribution in [2.75, 3.05) is 32.6 Å². The first kappa shape index (κ1) is 35.7. The van der Waals surface area contributed by atoms with E-state index in [2.05, 4.69) is 16.0 Å². The van der Waals surface area contributed by atoms with Crippen LogP contribution in [0.5, 0.6) is 0 Å². The number of ketones is 1. The van der Waals surface area contributed by atoms with Crippen LogP contribution >= 0.6 is 0 Å². The number of nitrogens with one attached hydrogen (secondary N) is 3. The molecule has 0 spiro atoms. The second-order valence-electron chi connectivity index (χ2n) is 11.0. The number of benzene rings is 2. The standard InChI is InChI=1S/C33H42N4O9/c1-3-46-28(38)18-35-32(42)29(39)27(20-45-19-22-12-8-5-9-13-22)37-31(41)26(16-21-10-6-4-7-11-21)36-30(40)23-14-15-24(25(34)17-23)33(43)44-2/h5,8-9,12-15,17,21,26-27H,3-4,6-7,10-11,16,18-20,34H2,1-2H3,(H,35,42)(H,36,40)(H,37,41)/t26-,27?/m1/s1. The van der Waals surface area contributed by atoms with Gasteiger partial charge in [0, 0.05) is 11.3 Å². The van der Waals surface area contributed by atoms with E-state index < -0.39 is 54.1 Å². The summed E-state index contributed by atoms with van der Waals surface area (Å²) in [6, 6.07) is 10.7. The number of nitrogen functional groups attached to an aromatic ring is 1. The highest BCUT2D eigenvalue weighted by Gasteiger charge is 2.32. The van der Waals surface area contributed by atoms with Crippen LogP contribution in [-0.4, -0.2) is 74.4 Å². The number of hydrogen-bond acceptors (Lipinski definition) is 10. The average molecular weight is 639 g/mol. The van der Waals surface area contributed by atoms with Crippen LogP contribution in [0.2, 0.25) is 0 Å². The molecule has 0 aliphatic heterocycles. The first-order valence-corrected chi connectivity index (χ1v) is 15.3. The maximum absolute atomic E-state index is 13.7. The Kier molecular flexibility index (Phi) is 14.2. The molecule has 248 valence electrons. The van der Waals surface area contributed by atoms with E-state index in [4.69, 9.17) is 19.9 Å². The number of amides is 3. The molecule has 0 radical (unpaired) electrons. The highest BCUT2D eigenvalue weighted by molar-refractivity contribution is 6.38. The van der Waals surface area contributed by atoms with Gasteiger partial charge in [-0.25, -0.2) is 4.79 Å². The Morgan fingerprint density at radius 2 is 1.65 bits per heavy atom. The number of nitrogens with two attached hydrogens (primary N) is 1. The van der Waals surface area contributed by atoms with Gasteiger partial charge in [0.1, 0.15) is 18.6 Å². The monoisotopic (exact) mass is 638 g/mol. The van der Waals surface area contributed by atoms with E-state index in [-0.39, 0.29) is 42.6 Å². The van der Waals surface area contributed by atoms with Gasteiger partial charge >= 0.3 is 11.9 Å². The van der Waals surface area contributed by atoms with Gasteiger partial charge in [0.05, 0.1) is 32.5 Å². The van der Waals surface area contributed by atoms with Gasteiger partial charge in [-0.1, -0.05) is 62.4 Å². The van der Waals surface area contributed by atoms with Crippen molar-refractivity contribution in [3.05, 3.63) is 65.2 Å². The minimum absolute atomic E-state index is 0.0304. The van der Waals surface area contributed by atoms with Crippen LogP contribution in [0.4, 0.5) is 5.69 Å². The van der Waals surface area contributed by atoms with Gasteiger partial charge in [0.15, 0.2) is 0 Å². The zero-order valence-electron chi connectivity index (χ0n) is 26.2. The molecule has 1 aliphatic carbocycles. The summed E-state index contributed by atoms with van der Waals surface area (Å²) in [5, 5.41) is 7.55. The van der Waals surface area contributed by atoms with Crippen molar-refractivity contribution in [3.8, 4) is 0 Å². The number of esters is 2. The smallest absolute Gasteiger partial charge is 0.339 e. The molecule has 2 aromatic carbocycles. The maximum Gasteiger partial charge on any atom is 0.339 e. The fourth-order valence-electron chi connectivity index (χ4n) is 5.16. The lowest BCUT2D eigenvalue weighted by atomic mass is 9.84. The molecule has 0 heterocycles. The third-order valence-electron chi connectivity index (χ3n) is 7.59. The van der Waals surface area contributed by atoms with E-state index in [1.54, 1.807) is 6.92 Å². The van der Waals surface area contributed by atoms with Gasteiger partial charge in [-0.2, -0.15) is 0 Å². The first-order chi connectivity index (χ1) is 22.1. The first-order valence-electron chi connectivity index (χ1n) is 15.3. The molecule has 3 rings (SSSR count). The summed E-state index contributed by atoms with van der Waals surface area (Å²) in [6.45, 7) is 0.945. The van der Waals surface area contributed by atoms with Crippen molar-refractivity contribution >= 4 is 41.1 Å². The van der Waals surface area contributed by atoms with Gasteiger partial charge in [0.2, 0.25) is 11.7 Å². The molecule has 1 fully saturated rings. The second kappa shape index (κ2) is 18.3. The highest BCUT2D eigenvalue weighted by Crippen LogP contribution is 2.27. The summed E-state index contributed by atoms with van der Waals surface area (Å²) < 4.78 is 15.2. The average Bonchev–Trinajstić information content (AvgIpc) is 3.06. The van der Waals surface area contributed by atoms with Crippen LogP contribution in [0.25, 0.3) is 0 Å². The molecule has 0 saturated heterocycles. The van der Waals surface area contributed by atoms with E-state index in [0.29, 0.717) is 6.42 Å². The van der Waals surface area contributed by atoms with E-state index >= 15 is 0 Å². The molecule has 1 unspecified atom stereocenters. The third-order valence-corrected chi connectivity index (χ3v) is 7.59. The Hall–Kier alpha value is -4.78. The topological polar surface area (TPSA) is 192 Å². The summed E-state index contributed by atoms with van der Waals surface area (Å²) in [6.07, 6.45) is 5.12. The molecule has 1 saturated carbocycles. The lowest BCUT2D eigenvalue weighted by molar-refractivity contribution is -0.146. The quantitative estimate of drug-likeness (QED) is 0.120. The Labute approximate surface area is 267 Å². The minimum Gasteiger partial charge on any atom is -0.465 e. The zero-order valence-corrected chi connectivity index (χ0v) is 26.2. The number of ether oxygens (including phenoxy) is 3. The summed E-state index contributed by atoms with van der Waals surface area (Å²) in [5.41, 5.74) is 7.02. The molecule has 13 heteroatoms.